The van der Waals surface area contributed by atoms with Crippen LogP contribution in [0.15, 0.2) is 47.0 Å². The van der Waals surface area contributed by atoms with Gasteiger partial charge in [0.1, 0.15) is 5.76 Å². The molecule has 0 unspecified atom stereocenters. The molecule has 0 spiro atoms. The first kappa shape index (κ1) is 16.4. The second kappa shape index (κ2) is 5.66. The molecule has 0 saturated carbocycles. The molecule has 0 aromatic carbocycles. The van der Waals surface area contributed by atoms with E-state index in [9.17, 15) is 31.1 Å². The van der Waals surface area contributed by atoms with Crippen LogP contribution in [0.3, 0.4) is 0 Å². The van der Waals surface area contributed by atoms with Gasteiger partial charge in [-0.3, -0.25) is 4.79 Å². The number of rotatable bonds is 2. The highest BCUT2D eigenvalue weighted by Crippen LogP contribution is 2.39. The summed E-state index contributed by atoms with van der Waals surface area (Å²) in [6.45, 7) is 0. The average Bonchev–Trinajstić information content (AvgIpc) is 2.42. The molecule has 0 fully saturated rings. The molecule has 0 radical (unpaired) electrons. The Labute approximate surface area is 121 Å². The van der Waals surface area contributed by atoms with Crippen LogP contribution < -0.4 is 0 Å². The van der Waals surface area contributed by atoms with Crippen molar-refractivity contribution in [2.24, 2.45) is 0 Å². The third-order valence-electron chi connectivity index (χ3n) is 3.12. The Hall–Kier alpha value is -1.99. The van der Waals surface area contributed by atoms with Crippen molar-refractivity contribution in [2.75, 3.05) is 0 Å². The second-order valence-electron chi connectivity index (χ2n) is 4.73. The summed E-state index contributed by atoms with van der Waals surface area (Å²) in [7, 11) is 0. The van der Waals surface area contributed by atoms with Crippen LogP contribution in [-0.2, 0) is 9.53 Å². The highest BCUT2D eigenvalue weighted by atomic mass is 19.4. The topological polar surface area (TPSA) is 26.3 Å². The SMILES string of the molecule is O=C(C=CC1=C2OC(C(F)(F)F)=CC=C2CCC1)C(F)(F)F. The van der Waals surface area contributed by atoms with Gasteiger partial charge < -0.3 is 4.74 Å². The van der Waals surface area contributed by atoms with Crippen LogP contribution in [0.1, 0.15) is 19.3 Å². The molecule has 0 aromatic heterocycles. The van der Waals surface area contributed by atoms with E-state index >= 15 is 0 Å². The third kappa shape index (κ3) is 3.61. The molecule has 1 heterocycles. The molecule has 0 atom stereocenters. The van der Waals surface area contributed by atoms with Crippen molar-refractivity contribution in [3.8, 4) is 0 Å². The molecule has 1 aliphatic carbocycles. The Bertz CT molecular complexity index is 602. The predicted molar refractivity (Wildman–Crippen MR) is 64.4 cm³/mol. The first-order valence-corrected chi connectivity index (χ1v) is 6.27. The lowest BCUT2D eigenvalue weighted by molar-refractivity contribution is -0.165. The second-order valence-corrected chi connectivity index (χ2v) is 4.73. The van der Waals surface area contributed by atoms with Crippen LogP contribution in [0, 0.1) is 0 Å². The van der Waals surface area contributed by atoms with E-state index in [-0.39, 0.29) is 17.8 Å². The molecule has 2 aliphatic rings. The molecule has 0 N–H and O–H groups in total. The molecular weight excluding hydrogens is 314 g/mol. The van der Waals surface area contributed by atoms with E-state index in [4.69, 9.17) is 4.74 Å². The van der Waals surface area contributed by atoms with Crippen LogP contribution in [0.2, 0.25) is 0 Å². The highest BCUT2D eigenvalue weighted by Gasteiger charge is 2.39. The summed E-state index contributed by atoms with van der Waals surface area (Å²) < 4.78 is 79.1. The summed E-state index contributed by atoms with van der Waals surface area (Å²) in [5.41, 5.74) is 0.614. The number of ketones is 1. The Morgan fingerprint density at radius 3 is 2.36 bits per heavy atom. The smallest absolute Gasteiger partial charge is 0.452 e. The van der Waals surface area contributed by atoms with Crippen molar-refractivity contribution in [1.29, 1.82) is 0 Å². The van der Waals surface area contributed by atoms with Crippen molar-refractivity contribution in [3.05, 3.63) is 47.0 Å². The molecule has 120 valence electrons. The highest BCUT2D eigenvalue weighted by molar-refractivity contribution is 5.94. The number of hydrogen-bond acceptors (Lipinski definition) is 2. The minimum Gasteiger partial charge on any atom is -0.452 e. The Balaban J connectivity index is 2.30. The Morgan fingerprint density at radius 2 is 1.77 bits per heavy atom. The fraction of sp³-hybridized carbons (Fsp3) is 0.357. The maximum absolute atomic E-state index is 12.6. The lowest BCUT2D eigenvalue weighted by Gasteiger charge is -2.26. The van der Waals surface area contributed by atoms with Gasteiger partial charge in [0.25, 0.3) is 5.78 Å². The maximum atomic E-state index is 12.6. The summed E-state index contributed by atoms with van der Waals surface area (Å²) >= 11 is 0. The van der Waals surface area contributed by atoms with Crippen LogP contribution in [0.25, 0.3) is 0 Å². The number of carbonyl (C=O) groups is 1. The standard InChI is InChI=1S/C14H10F6O2/c15-13(16,17)10(21)6-4-8-2-1-3-9-5-7-11(14(18,19)20)22-12(8)9/h4-7H,1-3H2. The molecule has 0 bridgehead atoms. The molecular formula is C14H10F6O2. The van der Waals surface area contributed by atoms with Gasteiger partial charge in [0.15, 0.2) is 0 Å². The van der Waals surface area contributed by atoms with Gasteiger partial charge in [-0.25, -0.2) is 0 Å². The molecule has 0 aromatic rings. The van der Waals surface area contributed by atoms with Gasteiger partial charge in [-0.2, -0.15) is 26.3 Å². The molecule has 1 aliphatic heterocycles. The van der Waals surface area contributed by atoms with Crippen molar-refractivity contribution in [3.63, 3.8) is 0 Å². The van der Waals surface area contributed by atoms with Crippen LogP contribution in [-0.4, -0.2) is 18.1 Å². The van der Waals surface area contributed by atoms with Crippen LogP contribution in [0.4, 0.5) is 26.3 Å². The van der Waals surface area contributed by atoms with Gasteiger partial charge in [0.05, 0.1) is 0 Å². The number of allylic oxidation sites excluding steroid dienone is 7. The number of hydrogen-bond donors (Lipinski definition) is 0. The third-order valence-corrected chi connectivity index (χ3v) is 3.12. The molecule has 2 nitrogen and oxygen atoms in total. The summed E-state index contributed by atoms with van der Waals surface area (Å²) in [6.07, 6.45) is -5.26. The van der Waals surface area contributed by atoms with E-state index in [1.54, 1.807) is 0 Å². The largest absolute Gasteiger partial charge is 0.454 e. The molecule has 2 rings (SSSR count). The first-order valence-electron chi connectivity index (χ1n) is 6.27. The molecule has 0 amide bonds. The van der Waals surface area contributed by atoms with E-state index < -0.39 is 23.9 Å². The quantitative estimate of drug-likeness (QED) is 0.552. The predicted octanol–water partition coefficient (Wildman–Crippen LogP) is 4.51. The number of carbonyl (C=O) groups excluding carboxylic acids is 1. The zero-order chi connectivity index (χ0) is 16.5. The van der Waals surface area contributed by atoms with Gasteiger partial charge in [0.2, 0.25) is 5.76 Å². The van der Waals surface area contributed by atoms with Crippen LogP contribution in [0.5, 0.6) is 0 Å². The Kier molecular flexibility index (Phi) is 4.21. The van der Waals surface area contributed by atoms with E-state index in [1.807, 2.05) is 0 Å². The molecule has 8 heteroatoms. The van der Waals surface area contributed by atoms with Gasteiger partial charge in [-0.1, -0.05) is 12.2 Å². The number of alkyl halides is 6. The summed E-state index contributed by atoms with van der Waals surface area (Å²) in [5, 5.41) is 0. The van der Waals surface area contributed by atoms with E-state index in [0.29, 0.717) is 24.5 Å². The fourth-order valence-corrected chi connectivity index (χ4v) is 2.10. The minimum absolute atomic E-state index is 0.118. The van der Waals surface area contributed by atoms with Crippen LogP contribution >= 0.6 is 0 Å². The normalized spacial score (nSPS) is 19.5. The van der Waals surface area contributed by atoms with E-state index in [0.717, 1.165) is 12.2 Å². The van der Waals surface area contributed by atoms with Gasteiger partial charge >= 0.3 is 12.4 Å². The van der Waals surface area contributed by atoms with Crippen molar-refractivity contribution >= 4 is 5.78 Å². The summed E-state index contributed by atoms with van der Waals surface area (Å²) in [5.74, 6) is -3.42. The molecule has 0 saturated heterocycles. The lowest BCUT2D eigenvalue weighted by Crippen LogP contribution is -2.21. The Morgan fingerprint density at radius 1 is 1.09 bits per heavy atom. The van der Waals surface area contributed by atoms with Crippen molar-refractivity contribution < 1.29 is 35.9 Å². The number of halogens is 6. The van der Waals surface area contributed by atoms with Gasteiger partial charge in [0, 0.05) is 0 Å². The van der Waals surface area contributed by atoms with Crippen molar-refractivity contribution in [1.82, 2.24) is 0 Å². The van der Waals surface area contributed by atoms with E-state index in [2.05, 4.69) is 0 Å². The van der Waals surface area contributed by atoms with Gasteiger partial charge in [-0.15, -0.1) is 0 Å². The van der Waals surface area contributed by atoms with E-state index in [1.165, 1.54) is 6.08 Å². The fourth-order valence-electron chi connectivity index (χ4n) is 2.10. The number of ether oxygens (including phenoxy) is 1. The van der Waals surface area contributed by atoms with Crippen molar-refractivity contribution in [2.45, 2.75) is 31.6 Å². The van der Waals surface area contributed by atoms with Gasteiger partial charge in [-0.05, 0) is 42.6 Å². The maximum Gasteiger partial charge on any atom is 0.454 e. The summed E-state index contributed by atoms with van der Waals surface area (Å²) in [6, 6.07) is 0. The monoisotopic (exact) mass is 324 g/mol. The molecule has 22 heavy (non-hydrogen) atoms. The lowest BCUT2D eigenvalue weighted by atomic mass is 9.91. The zero-order valence-electron chi connectivity index (χ0n) is 11.0. The minimum atomic E-state index is -5.01. The average molecular weight is 324 g/mol. The number of fused-ring (bicyclic) bond motifs is 1. The first-order chi connectivity index (χ1) is 10.1. The zero-order valence-corrected chi connectivity index (χ0v) is 11.0. The summed E-state index contributed by atoms with van der Waals surface area (Å²) in [4.78, 5) is 10.8.